The Balaban J connectivity index is 3.47. The summed E-state index contributed by atoms with van der Waals surface area (Å²) in [5, 5.41) is 0. The number of nitrogens with zero attached hydrogens (tertiary/aromatic N) is 1. The van der Waals surface area contributed by atoms with Crippen molar-refractivity contribution in [1.82, 2.24) is 4.90 Å². The van der Waals surface area contributed by atoms with E-state index in [9.17, 15) is 0 Å². The Morgan fingerprint density at radius 3 is 2.36 bits per heavy atom. The zero-order valence-electron chi connectivity index (χ0n) is 8.19. The van der Waals surface area contributed by atoms with Crippen molar-refractivity contribution in [3.8, 4) is 0 Å². The fourth-order valence-electron chi connectivity index (χ4n) is 1.07. The predicted octanol–water partition coefficient (Wildman–Crippen LogP) is 3.03. The van der Waals surface area contributed by atoms with E-state index in [0.29, 0.717) is 0 Å². The molecule has 0 bridgehead atoms. The monoisotopic (exact) mass is 155 g/mol. The molecule has 0 N–H and O–H groups in total. The highest BCUT2D eigenvalue weighted by Gasteiger charge is 1.98. The number of hydrogen-bond acceptors (Lipinski definition) is 1. The summed E-state index contributed by atoms with van der Waals surface area (Å²) in [5.41, 5.74) is 1.29. The topological polar surface area (TPSA) is 3.24 Å². The maximum atomic E-state index is 4.04. The highest BCUT2D eigenvalue weighted by molar-refractivity contribution is 4.91. The van der Waals surface area contributed by atoms with Crippen LogP contribution in [0.5, 0.6) is 0 Å². The first-order chi connectivity index (χ1) is 5.22. The summed E-state index contributed by atoms with van der Waals surface area (Å²) in [7, 11) is 2.13. The minimum absolute atomic E-state index is 1.14. The molecule has 0 saturated heterocycles. The van der Waals surface area contributed by atoms with Crippen LogP contribution in [0.4, 0.5) is 0 Å². The third kappa shape index (κ3) is 4.88. The van der Waals surface area contributed by atoms with Crippen molar-refractivity contribution in [2.75, 3.05) is 13.6 Å². The van der Waals surface area contributed by atoms with Crippen LogP contribution in [0.15, 0.2) is 12.3 Å². The Kier molecular flexibility index (Phi) is 6.00. The molecule has 0 aliphatic heterocycles. The second-order valence-corrected chi connectivity index (χ2v) is 3.09. The lowest BCUT2D eigenvalue weighted by Gasteiger charge is -2.20. The van der Waals surface area contributed by atoms with Crippen molar-refractivity contribution in [1.29, 1.82) is 0 Å². The molecule has 1 nitrogen and oxygen atoms in total. The van der Waals surface area contributed by atoms with Crippen LogP contribution in [0.3, 0.4) is 0 Å². The van der Waals surface area contributed by atoms with E-state index >= 15 is 0 Å². The van der Waals surface area contributed by atoms with E-state index in [4.69, 9.17) is 0 Å². The number of rotatable bonds is 6. The standard InChI is InChI=1S/C10H21N/c1-5-7-8-10(3)11(4)9-6-2/h3,5-9H2,1-2,4H3. The first-order valence-corrected chi connectivity index (χ1v) is 4.61. The van der Waals surface area contributed by atoms with Gasteiger partial charge in [-0.2, -0.15) is 0 Å². The molecule has 66 valence electrons. The Labute approximate surface area is 71.1 Å². The van der Waals surface area contributed by atoms with Crippen LogP contribution in [0, 0.1) is 0 Å². The largest absolute Gasteiger partial charge is 0.378 e. The van der Waals surface area contributed by atoms with Crippen LogP contribution in [-0.4, -0.2) is 18.5 Å². The first-order valence-electron chi connectivity index (χ1n) is 4.61. The summed E-state index contributed by atoms with van der Waals surface area (Å²) >= 11 is 0. The summed E-state index contributed by atoms with van der Waals surface area (Å²) in [6, 6.07) is 0. The number of allylic oxidation sites excluding steroid dienone is 1. The van der Waals surface area contributed by atoms with Crippen LogP contribution < -0.4 is 0 Å². The highest BCUT2D eigenvalue weighted by atomic mass is 15.1. The summed E-state index contributed by atoms with van der Waals surface area (Å²) in [4.78, 5) is 2.26. The lowest BCUT2D eigenvalue weighted by Crippen LogP contribution is -2.17. The van der Waals surface area contributed by atoms with Crippen molar-refractivity contribution >= 4 is 0 Å². The van der Waals surface area contributed by atoms with E-state index in [2.05, 4.69) is 32.4 Å². The molecular weight excluding hydrogens is 134 g/mol. The minimum atomic E-state index is 1.14. The fourth-order valence-corrected chi connectivity index (χ4v) is 1.07. The molecule has 0 rings (SSSR count). The predicted molar refractivity (Wildman–Crippen MR) is 51.6 cm³/mol. The van der Waals surface area contributed by atoms with Gasteiger partial charge in [-0.15, -0.1) is 0 Å². The molecule has 0 aromatic rings. The van der Waals surface area contributed by atoms with Crippen LogP contribution >= 0.6 is 0 Å². The van der Waals surface area contributed by atoms with Gasteiger partial charge in [-0.25, -0.2) is 0 Å². The lowest BCUT2D eigenvalue weighted by atomic mass is 10.2. The smallest absolute Gasteiger partial charge is 0.0168 e. The van der Waals surface area contributed by atoms with Gasteiger partial charge in [0, 0.05) is 19.3 Å². The van der Waals surface area contributed by atoms with E-state index < -0.39 is 0 Å². The molecule has 0 amide bonds. The Bertz CT molecular complexity index is 107. The Hall–Kier alpha value is -0.460. The number of unbranched alkanes of at least 4 members (excludes halogenated alkanes) is 1. The second kappa shape index (κ2) is 6.26. The van der Waals surface area contributed by atoms with Gasteiger partial charge < -0.3 is 4.90 Å². The molecule has 0 radical (unpaired) electrons. The van der Waals surface area contributed by atoms with E-state index in [1.54, 1.807) is 0 Å². The molecule has 0 saturated carbocycles. The Morgan fingerprint density at radius 1 is 1.27 bits per heavy atom. The molecular formula is C10H21N. The second-order valence-electron chi connectivity index (χ2n) is 3.09. The van der Waals surface area contributed by atoms with Gasteiger partial charge in [0.05, 0.1) is 0 Å². The lowest BCUT2D eigenvalue weighted by molar-refractivity contribution is 0.399. The zero-order valence-corrected chi connectivity index (χ0v) is 8.19. The van der Waals surface area contributed by atoms with Crippen LogP contribution in [0.25, 0.3) is 0 Å². The molecule has 0 spiro atoms. The molecule has 0 unspecified atom stereocenters. The van der Waals surface area contributed by atoms with E-state index in [1.807, 2.05) is 0 Å². The number of hydrogen-bond donors (Lipinski definition) is 0. The molecule has 1 heteroatoms. The van der Waals surface area contributed by atoms with Crippen LogP contribution in [0.2, 0.25) is 0 Å². The highest BCUT2D eigenvalue weighted by Crippen LogP contribution is 2.08. The van der Waals surface area contributed by atoms with Crippen molar-refractivity contribution in [2.45, 2.75) is 39.5 Å². The third-order valence-electron chi connectivity index (χ3n) is 1.92. The minimum Gasteiger partial charge on any atom is -0.378 e. The van der Waals surface area contributed by atoms with Gasteiger partial charge >= 0.3 is 0 Å². The molecule has 11 heavy (non-hydrogen) atoms. The van der Waals surface area contributed by atoms with Gasteiger partial charge in [0.2, 0.25) is 0 Å². The van der Waals surface area contributed by atoms with Crippen LogP contribution in [0.1, 0.15) is 39.5 Å². The normalized spacial score (nSPS) is 9.73. The van der Waals surface area contributed by atoms with Crippen molar-refractivity contribution in [2.24, 2.45) is 0 Å². The van der Waals surface area contributed by atoms with E-state index in [0.717, 1.165) is 13.0 Å². The van der Waals surface area contributed by atoms with Gasteiger partial charge in [0.25, 0.3) is 0 Å². The molecule has 0 aliphatic rings. The molecule has 0 aromatic carbocycles. The molecule has 0 atom stereocenters. The van der Waals surface area contributed by atoms with Gasteiger partial charge in [0.1, 0.15) is 0 Å². The van der Waals surface area contributed by atoms with Gasteiger partial charge in [0.15, 0.2) is 0 Å². The van der Waals surface area contributed by atoms with Crippen molar-refractivity contribution < 1.29 is 0 Å². The summed E-state index contributed by atoms with van der Waals surface area (Å²) in [6.45, 7) is 9.59. The maximum absolute atomic E-state index is 4.04. The summed E-state index contributed by atoms with van der Waals surface area (Å²) < 4.78 is 0. The Morgan fingerprint density at radius 2 is 1.91 bits per heavy atom. The average Bonchev–Trinajstić information content (AvgIpc) is 2.00. The first kappa shape index (κ1) is 10.5. The quantitative estimate of drug-likeness (QED) is 0.570. The molecule has 0 fully saturated rings. The maximum Gasteiger partial charge on any atom is 0.0168 e. The van der Waals surface area contributed by atoms with Crippen LogP contribution in [-0.2, 0) is 0 Å². The van der Waals surface area contributed by atoms with Gasteiger partial charge in [-0.3, -0.25) is 0 Å². The fraction of sp³-hybridized carbons (Fsp3) is 0.800. The SMILES string of the molecule is C=C(CCCC)N(C)CCC. The van der Waals surface area contributed by atoms with Crippen molar-refractivity contribution in [3.63, 3.8) is 0 Å². The van der Waals surface area contributed by atoms with E-state index in [1.165, 1.54) is 25.0 Å². The zero-order chi connectivity index (χ0) is 8.69. The molecule has 0 aromatic heterocycles. The van der Waals surface area contributed by atoms with Crippen molar-refractivity contribution in [3.05, 3.63) is 12.3 Å². The molecule has 0 aliphatic carbocycles. The summed E-state index contributed by atoms with van der Waals surface area (Å²) in [5.74, 6) is 0. The van der Waals surface area contributed by atoms with Gasteiger partial charge in [-0.1, -0.05) is 26.8 Å². The van der Waals surface area contributed by atoms with E-state index in [-0.39, 0.29) is 0 Å². The average molecular weight is 155 g/mol. The van der Waals surface area contributed by atoms with Gasteiger partial charge in [-0.05, 0) is 19.3 Å². The molecule has 0 heterocycles. The summed E-state index contributed by atoms with van der Waals surface area (Å²) in [6.07, 6.45) is 4.90. The third-order valence-corrected chi connectivity index (χ3v) is 1.92.